The molecule has 1 aliphatic heterocycles. The van der Waals surface area contributed by atoms with Gasteiger partial charge in [-0.15, -0.1) is 0 Å². The molecule has 0 unspecified atom stereocenters. The fourth-order valence-electron chi connectivity index (χ4n) is 2.56. The van der Waals surface area contributed by atoms with Crippen LogP contribution in [0.3, 0.4) is 0 Å². The van der Waals surface area contributed by atoms with Crippen molar-refractivity contribution in [1.29, 1.82) is 0 Å². The van der Waals surface area contributed by atoms with Gasteiger partial charge < -0.3 is 15.7 Å². The summed E-state index contributed by atoms with van der Waals surface area (Å²) >= 11 is 0. The molecule has 1 heterocycles. The molecule has 0 saturated heterocycles. The van der Waals surface area contributed by atoms with Crippen molar-refractivity contribution in [2.24, 2.45) is 0 Å². The molecule has 0 bridgehead atoms. The van der Waals surface area contributed by atoms with Crippen LogP contribution in [0.15, 0.2) is 42.5 Å². The quantitative estimate of drug-likeness (QED) is 0.781. The van der Waals surface area contributed by atoms with Gasteiger partial charge in [-0.3, -0.25) is 4.79 Å². The molecule has 102 valence electrons. The lowest BCUT2D eigenvalue weighted by Crippen LogP contribution is -2.35. The highest BCUT2D eigenvalue weighted by atomic mass is 16.3. The zero-order valence-corrected chi connectivity index (χ0v) is 11.0. The van der Waals surface area contributed by atoms with Crippen molar-refractivity contribution < 1.29 is 9.90 Å². The Balaban J connectivity index is 1.97. The number of rotatable bonds is 1. The molecule has 0 atom stereocenters. The van der Waals surface area contributed by atoms with Crippen molar-refractivity contribution >= 4 is 17.3 Å². The Kier molecular flexibility index (Phi) is 3.06. The Morgan fingerprint density at radius 3 is 2.65 bits per heavy atom. The van der Waals surface area contributed by atoms with Crippen LogP contribution >= 0.6 is 0 Å². The number of phenols is 1. The molecular formula is C16H16N2O2. The molecule has 0 spiro atoms. The minimum absolute atomic E-state index is 0.0587. The van der Waals surface area contributed by atoms with Gasteiger partial charge in [0.1, 0.15) is 5.75 Å². The van der Waals surface area contributed by atoms with E-state index in [1.54, 1.807) is 17.0 Å². The Labute approximate surface area is 117 Å². The average molecular weight is 268 g/mol. The maximum Gasteiger partial charge on any atom is 0.258 e. The molecule has 4 nitrogen and oxygen atoms in total. The number of nitrogens with two attached hydrogens (primary N) is 1. The largest absolute Gasteiger partial charge is 0.508 e. The number of nitrogen functional groups attached to an aromatic ring is 1. The maximum absolute atomic E-state index is 12.6. The predicted molar refractivity (Wildman–Crippen MR) is 79.0 cm³/mol. The first-order chi connectivity index (χ1) is 9.65. The van der Waals surface area contributed by atoms with Gasteiger partial charge in [-0.2, -0.15) is 0 Å². The smallest absolute Gasteiger partial charge is 0.258 e. The Hall–Kier alpha value is -2.49. The topological polar surface area (TPSA) is 66.6 Å². The number of hydrogen-bond acceptors (Lipinski definition) is 3. The van der Waals surface area contributed by atoms with Gasteiger partial charge in [-0.1, -0.05) is 6.07 Å². The number of amides is 1. The molecule has 0 saturated carbocycles. The van der Waals surface area contributed by atoms with Crippen LogP contribution in [0.4, 0.5) is 11.4 Å². The minimum Gasteiger partial charge on any atom is -0.508 e. The molecule has 0 fully saturated rings. The van der Waals surface area contributed by atoms with Crippen LogP contribution in [-0.4, -0.2) is 17.6 Å². The fraction of sp³-hybridized carbons (Fsp3) is 0.188. The van der Waals surface area contributed by atoms with Crippen molar-refractivity contribution in [3.63, 3.8) is 0 Å². The van der Waals surface area contributed by atoms with E-state index >= 15 is 0 Å². The third kappa shape index (κ3) is 2.20. The fourth-order valence-corrected chi connectivity index (χ4v) is 2.56. The predicted octanol–water partition coefficient (Wildman–Crippen LogP) is 2.57. The van der Waals surface area contributed by atoms with Crippen LogP contribution in [0.2, 0.25) is 0 Å². The Bertz CT molecular complexity index is 650. The van der Waals surface area contributed by atoms with Crippen LogP contribution in [-0.2, 0) is 6.42 Å². The lowest BCUT2D eigenvalue weighted by molar-refractivity contribution is 0.0985. The highest BCUT2D eigenvalue weighted by molar-refractivity contribution is 6.07. The number of hydrogen-bond donors (Lipinski definition) is 2. The van der Waals surface area contributed by atoms with Crippen molar-refractivity contribution in [3.8, 4) is 5.75 Å². The van der Waals surface area contributed by atoms with Crippen LogP contribution in [0, 0.1) is 0 Å². The second-order valence-electron chi connectivity index (χ2n) is 5.00. The molecule has 0 aliphatic carbocycles. The number of phenolic OH excluding ortho intramolecular Hbond substituents is 1. The Morgan fingerprint density at radius 2 is 1.90 bits per heavy atom. The normalized spacial score (nSPS) is 13.9. The average Bonchev–Trinajstić information content (AvgIpc) is 2.46. The number of aryl methyl sites for hydroxylation is 1. The van der Waals surface area contributed by atoms with E-state index in [2.05, 4.69) is 0 Å². The molecule has 3 N–H and O–H groups in total. The first-order valence-corrected chi connectivity index (χ1v) is 6.64. The Morgan fingerprint density at radius 1 is 1.15 bits per heavy atom. The third-order valence-corrected chi connectivity index (χ3v) is 3.59. The number of fused-ring (bicyclic) bond motifs is 1. The van der Waals surface area contributed by atoms with Gasteiger partial charge in [-0.25, -0.2) is 0 Å². The lowest BCUT2D eigenvalue weighted by atomic mass is 10.00. The number of carbonyl (C=O) groups excluding carboxylic acids is 1. The number of nitrogens with zero attached hydrogens (tertiary/aromatic N) is 1. The molecule has 0 aromatic heterocycles. The molecule has 4 heteroatoms. The van der Waals surface area contributed by atoms with E-state index in [1.807, 2.05) is 18.2 Å². The first kappa shape index (κ1) is 12.5. The van der Waals surface area contributed by atoms with Crippen LogP contribution < -0.4 is 10.6 Å². The monoisotopic (exact) mass is 268 g/mol. The van der Waals surface area contributed by atoms with E-state index in [-0.39, 0.29) is 11.7 Å². The summed E-state index contributed by atoms with van der Waals surface area (Å²) in [5, 5.41) is 9.30. The first-order valence-electron chi connectivity index (χ1n) is 6.64. The zero-order valence-electron chi connectivity index (χ0n) is 11.0. The second-order valence-corrected chi connectivity index (χ2v) is 5.00. The van der Waals surface area contributed by atoms with Crippen LogP contribution in [0.5, 0.6) is 5.75 Å². The molecule has 2 aromatic carbocycles. The standard InChI is InChI=1S/C16H16N2O2/c17-13-6-3-11-2-1-9-18(15(11)10-13)16(20)12-4-7-14(19)8-5-12/h3-8,10,19H,1-2,9,17H2. The SMILES string of the molecule is Nc1ccc2c(c1)N(C(=O)c1ccc(O)cc1)CCC2. The number of anilines is 2. The highest BCUT2D eigenvalue weighted by Crippen LogP contribution is 2.30. The van der Waals surface area contributed by atoms with Gasteiger partial charge in [0.2, 0.25) is 0 Å². The molecular weight excluding hydrogens is 252 g/mol. The summed E-state index contributed by atoms with van der Waals surface area (Å²) in [6.07, 6.45) is 1.91. The summed E-state index contributed by atoms with van der Waals surface area (Å²) in [5.41, 5.74) is 9.11. The summed E-state index contributed by atoms with van der Waals surface area (Å²) in [6, 6.07) is 12.0. The minimum atomic E-state index is -0.0587. The summed E-state index contributed by atoms with van der Waals surface area (Å²) in [7, 11) is 0. The summed E-state index contributed by atoms with van der Waals surface area (Å²) in [5.74, 6) is 0.0985. The molecule has 20 heavy (non-hydrogen) atoms. The molecule has 2 aromatic rings. The van der Waals surface area contributed by atoms with Crippen molar-refractivity contribution in [2.45, 2.75) is 12.8 Å². The highest BCUT2D eigenvalue weighted by Gasteiger charge is 2.23. The van der Waals surface area contributed by atoms with Crippen molar-refractivity contribution in [3.05, 3.63) is 53.6 Å². The van der Waals surface area contributed by atoms with Crippen molar-refractivity contribution in [1.82, 2.24) is 0 Å². The second kappa shape index (κ2) is 4.89. The van der Waals surface area contributed by atoms with E-state index in [1.165, 1.54) is 12.1 Å². The maximum atomic E-state index is 12.6. The van der Waals surface area contributed by atoms with Crippen LogP contribution in [0.1, 0.15) is 22.3 Å². The van der Waals surface area contributed by atoms with E-state index in [9.17, 15) is 9.90 Å². The van der Waals surface area contributed by atoms with E-state index in [0.29, 0.717) is 17.8 Å². The van der Waals surface area contributed by atoms with Gasteiger partial charge in [0, 0.05) is 23.5 Å². The zero-order chi connectivity index (χ0) is 14.1. The summed E-state index contributed by atoms with van der Waals surface area (Å²) < 4.78 is 0. The van der Waals surface area contributed by atoms with Gasteiger partial charge in [-0.05, 0) is 54.8 Å². The lowest BCUT2D eigenvalue weighted by Gasteiger charge is -2.29. The number of benzene rings is 2. The molecule has 0 radical (unpaired) electrons. The van der Waals surface area contributed by atoms with Gasteiger partial charge >= 0.3 is 0 Å². The molecule has 1 amide bonds. The van der Waals surface area contributed by atoms with Gasteiger partial charge in [0.25, 0.3) is 5.91 Å². The van der Waals surface area contributed by atoms with E-state index < -0.39 is 0 Å². The molecule has 1 aliphatic rings. The van der Waals surface area contributed by atoms with Crippen molar-refractivity contribution in [2.75, 3.05) is 17.2 Å². The van der Waals surface area contributed by atoms with E-state index in [0.717, 1.165) is 24.1 Å². The van der Waals surface area contributed by atoms with Gasteiger partial charge in [0.05, 0.1) is 0 Å². The molecule has 3 rings (SSSR count). The summed E-state index contributed by atoms with van der Waals surface area (Å²) in [6.45, 7) is 0.691. The van der Waals surface area contributed by atoms with E-state index in [4.69, 9.17) is 5.73 Å². The summed E-state index contributed by atoms with van der Waals surface area (Å²) in [4.78, 5) is 14.4. The third-order valence-electron chi connectivity index (χ3n) is 3.59. The number of aromatic hydroxyl groups is 1. The van der Waals surface area contributed by atoms with Crippen LogP contribution in [0.25, 0.3) is 0 Å². The number of carbonyl (C=O) groups is 1. The van der Waals surface area contributed by atoms with Gasteiger partial charge in [0.15, 0.2) is 0 Å².